The molecule has 22 heavy (non-hydrogen) atoms. The molecular weight excluding hydrogens is 280 g/mol. The summed E-state index contributed by atoms with van der Waals surface area (Å²) in [5.74, 6) is 0.670. The van der Waals surface area contributed by atoms with Gasteiger partial charge < -0.3 is 15.0 Å². The van der Waals surface area contributed by atoms with Crippen molar-refractivity contribution in [1.29, 1.82) is 0 Å². The zero-order valence-corrected chi connectivity index (χ0v) is 13.7. The van der Waals surface area contributed by atoms with E-state index in [1.54, 1.807) is 20.2 Å². The highest BCUT2D eigenvalue weighted by molar-refractivity contribution is 5.92. The molecule has 1 aromatic heterocycles. The molecule has 0 bridgehead atoms. The second-order valence-corrected chi connectivity index (χ2v) is 5.70. The molecule has 0 aliphatic carbocycles. The number of nitrogens with zero attached hydrogens (tertiary/aromatic N) is 3. The molecule has 1 N–H and O–H groups in total. The first-order valence-electron chi connectivity index (χ1n) is 7.86. The Morgan fingerprint density at radius 3 is 2.77 bits per heavy atom. The molecule has 0 unspecified atom stereocenters. The Bertz CT molecular complexity index is 487. The molecular formula is C16H26N4O2. The number of pyridine rings is 1. The highest BCUT2D eigenvalue weighted by Gasteiger charge is 2.19. The van der Waals surface area contributed by atoms with E-state index in [9.17, 15) is 4.79 Å². The van der Waals surface area contributed by atoms with Crippen LogP contribution in [-0.2, 0) is 4.74 Å². The summed E-state index contributed by atoms with van der Waals surface area (Å²) in [6, 6.07) is 5.96. The lowest BCUT2D eigenvalue weighted by Crippen LogP contribution is -2.46. The van der Waals surface area contributed by atoms with Crippen LogP contribution in [0.2, 0.25) is 0 Å². The summed E-state index contributed by atoms with van der Waals surface area (Å²) in [4.78, 5) is 20.3. The number of ether oxygens (including phenoxy) is 1. The van der Waals surface area contributed by atoms with Crippen molar-refractivity contribution in [2.24, 2.45) is 0 Å². The summed E-state index contributed by atoms with van der Waals surface area (Å²) in [5.41, 5.74) is 0.467. The molecule has 1 atom stereocenters. The lowest BCUT2D eigenvalue weighted by Gasteiger charge is -2.34. The van der Waals surface area contributed by atoms with Crippen LogP contribution in [0.3, 0.4) is 0 Å². The van der Waals surface area contributed by atoms with Crippen LogP contribution in [0.25, 0.3) is 0 Å². The van der Waals surface area contributed by atoms with Crippen LogP contribution in [0.1, 0.15) is 23.8 Å². The Kier molecular flexibility index (Phi) is 6.15. The Hall–Kier alpha value is -1.66. The minimum absolute atomic E-state index is 0.0797. The first-order valence-corrected chi connectivity index (χ1v) is 7.86. The van der Waals surface area contributed by atoms with Crippen molar-refractivity contribution in [3.05, 3.63) is 23.9 Å². The van der Waals surface area contributed by atoms with Gasteiger partial charge in [0.1, 0.15) is 11.5 Å². The zero-order chi connectivity index (χ0) is 15.9. The van der Waals surface area contributed by atoms with E-state index in [4.69, 9.17) is 4.74 Å². The second-order valence-electron chi connectivity index (χ2n) is 5.70. The second kappa shape index (κ2) is 8.10. The first kappa shape index (κ1) is 16.7. The number of nitrogens with one attached hydrogen (secondary N) is 1. The topological polar surface area (TPSA) is 57.7 Å². The van der Waals surface area contributed by atoms with Gasteiger partial charge in [0.05, 0.1) is 13.2 Å². The van der Waals surface area contributed by atoms with Gasteiger partial charge in [0, 0.05) is 39.8 Å². The summed E-state index contributed by atoms with van der Waals surface area (Å²) in [5, 5.41) is 3.36. The summed E-state index contributed by atoms with van der Waals surface area (Å²) in [6.07, 6.45) is 1.07. The van der Waals surface area contributed by atoms with E-state index >= 15 is 0 Å². The highest BCUT2D eigenvalue weighted by Crippen LogP contribution is 2.11. The standard InChI is InChI=1S/C16H26N4O2/c1-4-13(20-8-10-22-11-9-20)12-17-15-7-5-6-14(18-15)16(21)19(2)3/h5-7,13H,4,8-12H2,1-3H3,(H,17,18)/t13-/m0/s1. The maximum Gasteiger partial charge on any atom is 0.272 e. The SMILES string of the molecule is CC[C@@H](CNc1cccc(C(=O)N(C)C)n1)N1CCOCC1. The Morgan fingerprint density at radius 1 is 1.41 bits per heavy atom. The molecule has 0 spiro atoms. The van der Waals surface area contributed by atoms with Gasteiger partial charge in [0.25, 0.3) is 5.91 Å². The van der Waals surface area contributed by atoms with Crippen LogP contribution in [0.4, 0.5) is 5.82 Å². The number of aromatic nitrogens is 1. The molecule has 6 nitrogen and oxygen atoms in total. The van der Waals surface area contributed by atoms with E-state index in [0.29, 0.717) is 11.7 Å². The highest BCUT2D eigenvalue weighted by atomic mass is 16.5. The third kappa shape index (κ3) is 4.42. The van der Waals surface area contributed by atoms with E-state index in [-0.39, 0.29) is 5.91 Å². The molecule has 1 saturated heterocycles. The monoisotopic (exact) mass is 306 g/mol. The molecule has 1 amide bonds. The molecule has 1 aliphatic rings. The molecule has 1 aliphatic heterocycles. The smallest absolute Gasteiger partial charge is 0.272 e. The third-order valence-electron chi connectivity index (χ3n) is 3.93. The fraction of sp³-hybridized carbons (Fsp3) is 0.625. The van der Waals surface area contributed by atoms with Gasteiger partial charge in [-0.15, -0.1) is 0 Å². The van der Waals surface area contributed by atoms with Crippen LogP contribution in [0.15, 0.2) is 18.2 Å². The average molecular weight is 306 g/mol. The van der Waals surface area contributed by atoms with Crippen molar-refractivity contribution in [2.45, 2.75) is 19.4 Å². The van der Waals surface area contributed by atoms with Gasteiger partial charge in [-0.05, 0) is 18.6 Å². The number of amides is 1. The Balaban J connectivity index is 1.95. The predicted octanol–water partition coefficient (Wildman–Crippen LogP) is 1.31. The molecule has 1 fully saturated rings. The summed E-state index contributed by atoms with van der Waals surface area (Å²) >= 11 is 0. The average Bonchev–Trinajstić information content (AvgIpc) is 2.56. The van der Waals surface area contributed by atoms with E-state index in [1.807, 2.05) is 12.1 Å². The van der Waals surface area contributed by atoms with Crippen molar-refractivity contribution in [3.63, 3.8) is 0 Å². The minimum Gasteiger partial charge on any atom is -0.379 e. The number of hydrogen-bond donors (Lipinski definition) is 1. The molecule has 2 heterocycles. The lowest BCUT2D eigenvalue weighted by molar-refractivity contribution is 0.0184. The summed E-state index contributed by atoms with van der Waals surface area (Å²) in [6.45, 7) is 6.59. The fourth-order valence-corrected chi connectivity index (χ4v) is 2.58. The van der Waals surface area contributed by atoms with Gasteiger partial charge in [-0.3, -0.25) is 9.69 Å². The van der Waals surface area contributed by atoms with Gasteiger partial charge in [-0.2, -0.15) is 0 Å². The van der Waals surface area contributed by atoms with E-state index < -0.39 is 0 Å². The van der Waals surface area contributed by atoms with Gasteiger partial charge >= 0.3 is 0 Å². The van der Waals surface area contributed by atoms with Crippen LogP contribution in [0.5, 0.6) is 0 Å². The molecule has 6 heteroatoms. The lowest BCUT2D eigenvalue weighted by atomic mass is 10.1. The van der Waals surface area contributed by atoms with Crippen LogP contribution < -0.4 is 5.32 Å². The van der Waals surface area contributed by atoms with Gasteiger partial charge in [-0.25, -0.2) is 4.98 Å². The predicted molar refractivity (Wildman–Crippen MR) is 87.2 cm³/mol. The molecule has 0 aromatic carbocycles. The molecule has 1 aromatic rings. The number of morpholine rings is 1. The fourth-order valence-electron chi connectivity index (χ4n) is 2.58. The number of carbonyl (C=O) groups is 1. The Labute approximate surface area is 132 Å². The molecule has 0 saturated carbocycles. The third-order valence-corrected chi connectivity index (χ3v) is 3.93. The van der Waals surface area contributed by atoms with E-state index in [0.717, 1.165) is 45.1 Å². The van der Waals surface area contributed by atoms with Crippen LogP contribution >= 0.6 is 0 Å². The van der Waals surface area contributed by atoms with E-state index in [2.05, 4.69) is 22.1 Å². The Morgan fingerprint density at radius 2 is 2.14 bits per heavy atom. The maximum atomic E-state index is 12.0. The van der Waals surface area contributed by atoms with Crippen molar-refractivity contribution in [1.82, 2.24) is 14.8 Å². The summed E-state index contributed by atoms with van der Waals surface area (Å²) in [7, 11) is 3.46. The zero-order valence-electron chi connectivity index (χ0n) is 13.7. The number of rotatable bonds is 6. The molecule has 122 valence electrons. The number of hydrogen-bond acceptors (Lipinski definition) is 5. The summed E-state index contributed by atoms with van der Waals surface area (Å²) < 4.78 is 5.41. The first-order chi connectivity index (χ1) is 10.6. The molecule has 0 radical (unpaired) electrons. The van der Waals surface area contributed by atoms with Gasteiger partial charge in [-0.1, -0.05) is 13.0 Å². The van der Waals surface area contributed by atoms with E-state index in [1.165, 1.54) is 4.90 Å². The molecule has 2 rings (SSSR count). The normalized spacial score (nSPS) is 17.0. The quantitative estimate of drug-likeness (QED) is 0.858. The van der Waals surface area contributed by atoms with Gasteiger partial charge in [0.15, 0.2) is 0 Å². The number of anilines is 1. The van der Waals surface area contributed by atoms with Crippen molar-refractivity contribution in [3.8, 4) is 0 Å². The van der Waals surface area contributed by atoms with Crippen molar-refractivity contribution < 1.29 is 9.53 Å². The van der Waals surface area contributed by atoms with Crippen LogP contribution in [0, 0.1) is 0 Å². The van der Waals surface area contributed by atoms with Gasteiger partial charge in [0.2, 0.25) is 0 Å². The number of carbonyl (C=O) groups excluding carboxylic acids is 1. The van der Waals surface area contributed by atoms with Crippen molar-refractivity contribution in [2.75, 3.05) is 52.3 Å². The van der Waals surface area contributed by atoms with Crippen LogP contribution in [-0.4, -0.2) is 73.7 Å². The minimum atomic E-state index is -0.0797. The van der Waals surface area contributed by atoms with Crippen molar-refractivity contribution >= 4 is 11.7 Å². The largest absolute Gasteiger partial charge is 0.379 e. The maximum absolute atomic E-state index is 12.0.